The highest BCUT2D eigenvalue weighted by Gasteiger charge is 2.14. The molecule has 8 nitrogen and oxygen atoms in total. The van der Waals surface area contributed by atoms with E-state index in [9.17, 15) is 9.90 Å². The molecule has 0 aliphatic heterocycles. The van der Waals surface area contributed by atoms with Crippen LogP contribution in [0.2, 0.25) is 0 Å². The molecular weight excluding hydrogens is 448 g/mol. The third-order valence-corrected chi connectivity index (χ3v) is 6.20. The van der Waals surface area contributed by atoms with Crippen molar-refractivity contribution in [2.24, 2.45) is 0 Å². The Morgan fingerprint density at radius 3 is 2.79 bits per heavy atom. The van der Waals surface area contributed by atoms with Gasteiger partial charge in [0.2, 0.25) is 0 Å². The van der Waals surface area contributed by atoms with E-state index in [4.69, 9.17) is 0 Å². The van der Waals surface area contributed by atoms with Crippen molar-refractivity contribution in [3.8, 4) is 16.2 Å². The van der Waals surface area contributed by atoms with Crippen LogP contribution in [-0.2, 0) is 0 Å². The first kappa shape index (κ1) is 21.4. The van der Waals surface area contributed by atoms with Gasteiger partial charge >= 0.3 is 6.03 Å². The quantitative estimate of drug-likeness (QED) is 0.256. The molecule has 168 valence electrons. The van der Waals surface area contributed by atoms with Gasteiger partial charge in [-0.1, -0.05) is 29.5 Å². The maximum Gasteiger partial charge on any atom is 0.325 e. The standard InChI is InChI=1S/C25H20N6O2S/c1-15-23(34-25(27-15)29-24(33)28-18-6-4-7-19(32)14-18)16-8-10-20-21(30-31-22(20)13-16)11-9-17-5-2-3-12-26-17/h2-14,32H,1H3,(H,30,31)(H2,27,28,29,33)/b11-9+. The van der Waals surface area contributed by atoms with Crippen LogP contribution in [0.3, 0.4) is 0 Å². The van der Waals surface area contributed by atoms with Crippen molar-refractivity contribution in [2.75, 3.05) is 10.6 Å². The fourth-order valence-electron chi connectivity index (χ4n) is 3.51. The highest BCUT2D eigenvalue weighted by molar-refractivity contribution is 7.19. The number of aryl methyl sites for hydroxylation is 1. The first-order valence-corrected chi connectivity index (χ1v) is 11.3. The zero-order valence-electron chi connectivity index (χ0n) is 18.1. The number of hydrogen-bond donors (Lipinski definition) is 4. The number of urea groups is 1. The van der Waals surface area contributed by atoms with Crippen LogP contribution < -0.4 is 10.6 Å². The molecule has 0 spiro atoms. The SMILES string of the molecule is Cc1nc(NC(=O)Nc2cccc(O)c2)sc1-c1ccc2c(/C=C/c3ccccn3)n[nH]c2c1. The lowest BCUT2D eigenvalue weighted by atomic mass is 10.1. The first-order chi connectivity index (χ1) is 16.5. The van der Waals surface area contributed by atoms with Gasteiger partial charge < -0.3 is 10.4 Å². The number of phenols is 1. The molecule has 5 aromatic rings. The van der Waals surface area contributed by atoms with Gasteiger partial charge in [-0.15, -0.1) is 0 Å². The number of amides is 2. The summed E-state index contributed by atoms with van der Waals surface area (Å²) in [6, 6.07) is 17.8. The molecule has 0 saturated heterocycles. The van der Waals surface area contributed by atoms with E-state index in [0.717, 1.165) is 38.4 Å². The van der Waals surface area contributed by atoms with Crippen LogP contribution in [-0.4, -0.2) is 31.3 Å². The van der Waals surface area contributed by atoms with Crippen LogP contribution in [0.25, 0.3) is 33.5 Å². The highest BCUT2D eigenvalue weighted by Crippen LogP contribution is 2.34. The summed E-state index contributed by atoms with van der Waals surface area (Å²) in [5.74, 6) is 0.0785. The third-order valence-electron chi connectivity index (χ3n) is 5.08. The number of fused-ring (bicyclic) bond motifs is 1. The second-order valence-electron chi connectivity index (χ2n) is 7.52. The molecule has 3 heterocycles. The smallest absolute Gasteiger partial charge is 0.325 e. The zero-order chi connectivity index (χ0) is 23.5. The fourth-order valence-corrected chi connectivity index (χ4v) is 4.47. The van der Waals surface area contributed by atoms with Crippen molar-refractivity contribution >= 4 is 51.2 Å². The van der Waals surface area contributed by atoms with Crippen molar-refractivity contribution in [3.63, 3.8) is 0 Å². The van der Waals surface area contributed by atoms with Gasteiger partial charge in [0.15, 0.2) is 5.13 Å². The average Bonchev–Trinajstić information content (AvgIpc) is 3.40. The zero-order valence-corrected chi connectivity index (χ0v) is 18.9. The molecule has 2 aromatic carbocycles. The number of hydrogen-bond acceptors (Lipinski definition) is 6. The summed E-state index contributed by atoms with van der Waals surface area (Å²) in [7, 11) is 0. The summed E-state index contributed by atoms with van der Waals surface area (Å²) in [5.41, 5.74) is 4.88. The van der Waals surface area contributed by atoms with Gasteiger partial charge in [-0.2, -0.15) is 5.10 Å². The summed E-state index contributed by atoms with van der Waals surface area (Å²) >= 11 is 1.39. The molecule has 0 aliphatic carbocycles. The number of nitrogens with zero attached hydrogens (tertiary/aromatic N) is 3. The molecule has 0 atom stereocenters. The minimum Gasteiger partial charge on any atom is -0.508 e. The Kier molecular flexibility index (Phi) is 5.75. The van der Waals surface area contributed by atoms with E-state index in [2.05, 4.69) is 30.8 Å². The van der Waals surface area contributed by atoms with E-state index in [1.54, 1.807) is 18.3 Å². The number of anilines is 2. The van der Waals surface area contributed by atoms with Crippen molar-refractivity contribution < 1.29 is 9.90 Å². The minimum atomic E-state index is -0.431. The number of aromatic amines is 1. The van der Waals surface area contributed by atoms with Gasteiger partial charge in [0.05, 0.1) is 27.5 Å². The Balaban J connectivity index is 1.34. The van der Waals surface area contributed by atoms with Crippen LogP contribution in [0.1, 0.15) is 17.1 Å². The van der Waals surface area contributed by atoms with Crippen molar-refractivity contribution in [1.82, 2.24) is 20.2 Å². The molecule has 0 saturated carbocycles. The minimum absolute atomic E-state index is 0.0785. The number of thiazole rings is 1. The Bertz CT molecular complexity index is 1510. The number of pyridine rings is 1. The topological polar surface area (TPSA) is 116 Å². The predicted molar refractivity (Wildman–Crippen MR) is 136 cm³/mol. The summed E-state index contributed by atoms with van der Waals surface area (Å²) in [6.45, 7) is 1.91. The van der Waals surface area contributed by atoms with Crippen LogP contribution in [0.5, 0.6) is 5.75 Å². The molecule has 34 heavy (non-hydrogen) atoms. The summed E-state index contributed by atoms with van der Waals surface area (Å²) in [5, 5.41) is 24.0. The molecule has 0 fully saturated rings. The third kappa shape index (κ3) is 4.64. The number of aromatic nitrogens is 4. The van der Waals surface area contributed by atoms with E-state index in [1.165, 1.54) is 23.5 Å². The highest BCUT2D eigenvalue weighted by atomic mass is 32.1. The number of carbonyl (C=O) groups excluding carboxylic acids is 1. The maximum absolute atomic E-state index is 12.3. The second kappa shape index (κ2) is 9.16. The van der Waals surface area contributed by atoms with Gasteiger partial charge in [-0.25, -0.2) is 9.78 Å². The summed E-state index contributed by atoms with van der Waals surface area (Å²) < 4.78 is 0. The maximum atomic E-state index is 12.3. The van der Waals surface area contributed by atoms with Crippen LogP contribution in [0.15, 0.2) is 66.9 Å². The monoisotopic (exact) mass is 468 g/mol. The number of carbonyl (C=O) groups is 1. The van der Waals surface area contributed by atoms with E-state index in [1.807, 2.05) is 55.5 Å². The summed E-state index contributed by atoms with van der Waals surface area (Å²) in [6.07, 6.45) is 5.62. The van der Waals surface area contributed by atoms with E-state index < -0.39 is 6.03 Å². The normalized spacial score (nSPS) is 11.2. The Morgan fingerprint density at radius 2 is 1.97 bits per heavy atom. The Hall–Kier alpha value is -4.50. The largest absolute Gasteiger partial charge is 0.508 e. The van der Waals surface area contributed by atoms with Crippen LogP contribution in [0, 0.1) is 6.92 Å². The van der Waals surface area contributed by atoms with Crippen molar-refractivity contribution in [2.45, 2.75) is 6.92 Å². The molecule has 4 N–H and O–H groups in total. The van der Waals surface area contributed by atoms with Crippen LogP contribution in [0.4, 0.5) is 15.6 Å². The molecule has 2 amide bonds. The van der Waals surface area contributed by atoms with E-state index in [0.29, 0.717) is 10.8 Å². The first-order valence-electron chi connectivity index (χ1n) is 10.5. The molecule has 0 unspecified atom stereocenters. The number of phenolic OH excluding ortho intramolecular Hbond substituents is 1. The number of nitrogens with one attached hydrogen (secondary N) is 3. The Morgan fingerprint density at radius 1 is 1.06 bits per heavy atom. The summed E-state index contributed by atoms with van der Waals surface area (Å²) in [4.78, 5) is 22.1. The fraction of sp³-hybridized carbons (Fsp3) is 0.0400. The molecule has 5 rings (SSSR count). The number of aromatic hydroxyl groups is 1. The second-order valence-corrected chi connectivity index (χ2v) is 8.52. The van der Waals surface area contributed by atoms with E-state index in [-0.39, 0.29) is 5.75 Å². The molecule has 0 aliphatic rings. The van der Waals surface area contributed by atoms with Gasteiger partial charge in [0.25, 0.3) is 0 Å². The molecule has 0 radical (unpaired) electrons. The molecule has 0 bridgehead atoms. The number of rotatable bonds is 5. The van der Waals surface area contributed by atoms with Gasteiger partial charge in [0.1, 0.15) is 5.75 Å². The lowest BCUT2D eigenvalue weighted by Gasteiger charge is -2.05. The molecular formula is C25H20N6O2S. The number of H-pyrrole nitrogens is 1. The van der Waals surface area contributed by atoms with Crippen molar-refractivity contribution in [1.29, 1.82) is 0 Å². The lowest BCUT2D eigenvalue weighted by molar-refractivity contribution is 0.262. The Labute approximate surface area is 199 Å². The average molecular weight is 469 g/mol. The van der Waals surface area contributed by atoms with E-state index >= 15 is 0 Å². The van der Waals surface area contributed by atoms with Gasteiger partial charge in [-0.3, -0.25) is 15.4 Å². The molecule has 3 aromatic heterocycles. The van der Waals surface area contributed by atoms with Gasteiger partial charge in [0, 0.05) is 23.3 Å². The number of benzene rings is 2. The lowest BCUT2D eigenvalue weighted by Crippen LogP contribution is -2.19. The predicted octanol–water partition coefficient (Wildman–Crippen LogP) is 5.91. The molecule has 9 heteroatoms. The van der Waals surface area contributed by atoms with Gasteiger partial charge in [-0.05, 0) is 61.0 Å². The van der Waals surface area contributed by atoms with Crippen LogP contribution >= 0.6 is 11.3 Å². The van der Waals surface area contributed by atoms with Crippen molar-refractivity contribution in [3.05, 3.63) is 83.9 Å².